The Morgan fingerprint density at radius 2 is 1.59 bits per heavy atom. The molecule has 2 saturated heterocycles. The number of nitrogens with two attached hydrogens (primary N) is 1. The number of carboxylic acid groups (broad SMARTS) is 2. The van der Waals surface area contributed by atoms with Crippen LogP contribution in [0.1, 0.15) is 145 Å². The van der Waals surface area contributed by atoms with Crippen LogP contribution in [0.2, 0.25) is 0 Å². The Balaban J connectivity index is 1.54. The van der Waals surface area contributed by atoms with E-state index in [4.69, 9.17) is 49.1 Å². The molecule has 4 rings (SSSR count). The summed E-state index contributed by atoms with van der Waals surface area (Å²) in [5.74, 6) is -12.2. The van der Waals surface area contributed by atoms with Gasteiger partial charge < -0.3 is 74.9 Å². The fraction of sp³-hybridized carbons (Fsp3) is 0.721. The Labute approximate surface area is 561 Å². The van der Waals surface area contributed by atoms with Gasteiger partial charge in [-0.15, -0.1) is 11.8 Å². The summed E-state index contributed by atoms with van der Waals surface area (Å²) >= 11 is 0.826. The quantitative estimate of drug-likeness (QED) is 0.0319. The van der Waals surface area contributed by atoms with E-state index < -0.39 is 163 Å². The molecule has 2 bridgehead atoms. The molecule has 0 aromatic rings. The number of hydrogen-bond donors (Lipinski definition) is 7. The van der Waals surface area contributed by atoms with E-state index in [1.165, 1.54) is 26.0 Å². The zero-order valence-electron chi connectivity index (χ0n) is 57.0. The fourth-order valence-corrected chi connectivity index (χ4v) is 13.2. The number of rotatable bonds is 23. The highest BCUT2D eigenvalue weighted by molar-refractivity contribution is 8.00. The number of hydrogen-bond acceptors (Lipinski definition) is 22. The summed E-state index contributed by atoms with van der Waals surface area (Å²) < 4.78 is 41.6. The lowest BCUT2D eigenvalue weighted by molar-refractivity contribution is -0.179. The van der Waals surface area contributed by atoms with Crippen LogP contribution in [-0.4, -0.2) is 216 Å². The van der Waals surface area contributed by atoms with E-state index in [-0.39, 0.29) is 79.8 Å². The van der Waals surface area contributed by atoms with E-state index in [0.29, 0.717) is 63.4 Å². The zero-order chi connectivity index (χ0) is 70.9. The third kappa shape index (κ3) is 25.3. The van der Waals surface area contributed by atoms with Crippen molar-refractivity contribution in [2.24, 2.45) is 46.7 Å². The van der Waals surface area contributed by atoms with E-state index in [9.17, 15) is 63.0 Å². The maximum Gasteiger partial charge on any atom is 0.329 e. The number of ketones is 3. The average Bonchev–Trinajstić information content (AvgIpc) is 0.901. The van der Waals surface area contributed by atoms with Gasteiger partial charge in [0, 0.05) is 64.7 Å². The van der Waals surface area contributed by atoms with Crippen molar-refractivity contribution in [2.45, 2.75) is 212 Å². The molecule has 2 unspecified atom stereocenters. The summed E-state index contributed by atoms with van der Waals surface area (Å²) in [4.78, 5) is 148. The summed E-state index contributed by atoms with van der Waals surface area (Å²) in [5, 5.41) is 44.7. The van der Waals surface area contributed by atoms with E-state index in [2.05, 4.69) is 10.6 Å². The predicted octanol–water partition coefficient (Wildman–Crippen LogP) is 4.56. The van der Waals surface area contributed by atoms with Crippen LogP contribution in [0.15, 0.2) is 47.6 Å². The van der Waals surface area contributed by atoms with E-state index >= 15 is 0 Å². The minimum Gasteiger partial charge on any atom is -0.480 e. The third-order valence-corrected chi connectivity index (χ3v) is 19.5. The summed E-state index contributed by atoms with van der Waals surface area (Å²) in [6.07, 6.45) is 8.06. The second kappa shape index (κ2) is 39.9. The number of ether oxygens (including phenoxy) is 7. The van der Waals surface area contributed by atoms with Gasteiger partial charge in [0.1, 0.15) is 73.0 Å². The topological polar surface area (TPSA) is 387 Å². The second-order valence-electron chi connectivity index (χ2n) is 26.4. The Kier molecular flexibility index (Phi) is 34.1. The van der Waals surface area contributed by atoms with Crippen LogP contribution >= 0.6 is 11.8 Å². The molecule has 95 heavy (non-hydrogen) atoms. The number of Topliss-reactive ketones (excluding diaryl/α,β-unsaturated/α-hetero) is 3. The first-order valence-electron chi connectivity index (χ1n) is 32.9. The number of nitrogens with one attached hydrogen (secondary N) is 2. The van der Waals surface area contributed by atoms with Gasteiger partial charge in [0.05, 0.1) is 30.7 Å². The van der Waals surface area contributed by atoms with Gasteiger partial charge in [-0.25, -0.2) is 4.79 Å². The van der Waals surface area contributed by atoms with Crippen LogP contribution < -0.4 is 16.4 Å². The molecule has 4 aliphatic rings. The first kappa shape index (κ1) is 81.2. The van der Waals surface area contributed by atoms with E-state index in [1.807, 2.05) is 58.1 Å². The number of methoxy groups -OCH3 is 3. The number of amides is 3. The minimum absolute atomic E-state index is 0.0231. The molecule has 0 aromatic heterocycles. The molecule has 27 heteroatoms. The van der Waals surface area contributed by atoms with E-state index in [0.717, 1.165) is 17.3 Å². The van der Waals surface area contributed by atoms with Crippen LogP contribution in [0.5, 0.6) is 0 Å². The SMILES string of the molecule is CO[C@H]1C[C@@H]2CC[C@@H](C)[C@@H](O2)C(=O)C(=O)N2CCCC[C@H]2C(=O)OC([C@H](C)C[C@@H]2CC[C@@H](OC(=O)C(C)(CO)COC(=O)CSC[C@H](NC(=O)CC[C@H](N)C(=O)O)C(=O)NCC(=O)O)[C@H](OC)C2)CC(=O)[C@H](C)/C=C(\C)[C@@H](O)[C@@H](OC)C(=O)[C@H](C)C[C@@H](C)/C=C\C=CC=C1C. The molecule has 3 aliphatic heterocycles. The van der Waals surface area contributed by atoms with Crippen molar-refractivity contribution in [3.8, 4) is 0 Å². The largest absolute Gasteiger partial charge is 0.480 e. The highest BCUT2D eigenvalue weighted by Crippen LogP contribution is 2.37. The number of aliphatic hydroxyl groups excluding tert-OH is 2. The number of aliphatic carboxylic acids is 2. The highest BCUT2D eigenvalue weighted by atomic mass is 32.2. The molecular weight excluding hydrogens is 1260 g/mol. The summed E-state index contributed by atoms with van der Waals surface area (Å²) in [7, 11) is 4.39. The number of esters is 3. The van der Waals surface area contributed by atoms with Gasteiger partial charge in [-0.3, -0.25) is 47.9 Å². The van der Waals surface area contributed by atoms with Gasteiger partial charge >= 0.3 is 29.8 Å². The molecule has 1 aliphatic carbocycles. The lowest BCUT2D eigenvalue weighted by Gasteiger charge is -2.39. The normalized spacial score (nSPS) is 30.7. The standard InChI is InChI=1S/C68H104N4O22S/c1-38-17-13-12-14-18-39(2)52(88-9)31-46-22-20-40(3)61(92-46)60(81)64(83)72-26-16-15-19-49(72)66(86)93-53(32-50(74)41(4)28-44(7)59(80)62(90-11)58(79)43(6)27-38)42(5)29-45-21-24-51(54(30-45)89-10)94-67(87)68(8,36-73)37-91-57(78)35-95-34-48(63(82)70-33-56(76)77)71-55(75)25-23-47(69)65(84)85/h12-14,17-18,28,38,40-43,45-49,51-54,59,61-62,73,80H,15-16,19-27,29-37,69H2,1-11H3,(H,70,82)(H,71,75)(H,76,77)(H,84,85)/b14-12?,17-13-,39-18?,44-28+/t38-,40+,41+,42+,43+,45-,46-,47-,48-,49-,51+,52-,53?,54+,59+,61+,62-,68?/m0/s1. The maximum absolute atomic E-state index is 14.7. The smallest absolute Gasteiger partial charge is 0.329 e. The van der Waals surface area contributed by atoms with Crippen molar-refractivity contribution < 1.29 is 106 Å². The number of thioether (sulfide) groups is 1. The maximum atomic E-state index is 14.7. The number of cyclic esters (lactones) is 1. The number of carboxylic acids is 2. The number of allylic oxidation sites excluding steroid dienone is 6. The Bertz CT molecular complexity index is 2770. The van der Waals surface area contributed by atoms with Crippen molar-refractivity contribution in [1.82, 2.24) is 15.5 Å². The summed E-state index contributed by atoms with van der Waals surface area (Å²) in [6.45, 7) is 11.9. The molecule has 3 heterocycles. The molecule has 8 N–H and O–H groups in total. The number of carbonyl (C=O) groups excluding carboxylic acids is 9. The van der Waals surface area contributed by atoms with Crippen molar-refractivity contribution in [3.63, 3.8) is 0 Å². The molecule has 26 nitrogen and oxygen atoms in total. The number of fused-ring (bicyclic) bond motifs is 3. The minimum atomic E-state index is -1.76. The number of aliphatic hydroxyl groups is 2. The first-order chi connectivity index (χ1) is 44.9. The molecule has 0 spiro atoms. The molecular formula is C68H104N4O22S. The third-order valence-electron chi connectivity index (χ3n) is 18.5. The molecule has 0 aromatic carbocycles. The lowest BCUT2D eigenvalue weighted by atomic mass is 9.78. The first-order valence-corrected chi connectivity index (χ1v) is 34.1. The average molecular weight is 1360 g/mol. The second-order valence-corrected chi connectivity index (χ2v) is 27.5. The van der Waals surface area contributed by atoms with Crippen LogP contribution in [-0.2, 0) is 85.9 Å². The number of carbonyl (C=O) groups is 11. The number of nitrogens with zero attached hydrogens (tertiary/aromatic N) is 1. The Morgan fingerprint density at radius 1 is 0.874 bits per heavy atom. The van der Waals surface area contributed by atoms with Gasteiger partial charge in [0.25, 0.3) is 5.91 Å². The Hall–Kier alpha value is -6.20. The van der Waals surface area contributed by atoms with Crippen LogP contribution in [0.3, 0.4) is 0 Å². The Morgan fingerprint density at radius 3 is 2.24 bits per heavy atom. The molecule has 0 radical (unpaired) electrons. The fourth-order valence-electron chi connectivity index (χ4n) is 12.3. The van der Waals surface area contributed by atoms with Gasteiger partial charge in [0.15, 0.2) is 5.78 Å². The molecule has 1 saturated carbocycles. The van der Waals surface area contributed by atoms with Crippen molar-refractivity contribution in [1.29, 1.82) is 0 Å². The molecule has 3 fully saturated rings. The van der Waals surface area contributed by atoms with Gasteiger partial charge in [-0.05, 0) is 126 Å². The zero-order valence-corrected chi connectivity index (χ0v) is 57.8. The van der Waals surface area contributed by atoms with Gasteiger partial charge in [0.2, 0.25) is 17.6 Å². The van der Waals surface area contributed by atoms with Gasteiger partial charge in [-0.1, -0.05) is 71.1 Å². The highest BCUT2D eigenvalue weighted by Gasteiger charge is 2.46. The van der Waals surface area contributed by atoms with Crippen LogP contribution in [0, 0.1) is 40.9 Å². The van der Waals surface area contributed by atoms with Crippen LogP contribution in [0.25, 0.3) is 0 Å². The van der Waals surface area contributed by atoms with Crippen molar-refractivity contribution in [3.05, 3.63) is 47.6 Å². The molecule has 534 valence electrons. The summed E-state index contributed by atoms with van der Waals surface area (Å²) in [6, 6.07) is -3.85. The number of piperidine rings is 1. The van der Waals surface area contributed by atoms with Gasteiger partial charge in [-0.2, -0.15) is 0 Å². The predicted molar refractivity (Wildman–Crippen MR) is 349 cm³/mol. The van der Waals surface area contributed by atoms with Crippen LogP contribution in [0.4, 0.5) is 0 Å². The van der Waals surface area contributed by atoms with Crippen molar-refractivity contribution >= 4 is 76.7 Å². The van der Waals surface area contributed by atoms with Crippen molar-refractivity contribution in [2.75, 3.05) is 59.1 Å². The summed E-state index contributed by atoms with van der Waals surface area (Å²) in [5.41, 5.74) is 4.95. The molecule has 18 atom stereocenters. The molecule has 3 amide bonds. The monoisotopic (exact) mass is 1360 g/mol. The lowest BCUT2D eigenvalue weighted by Crippen LogP contribution is -2.55. The van der Waals surface area contributed by atoms with E-state index in [1.54, 1.807) is 34.0 Å².